The molecule has 0 heterocycles. The highest BCUT2D eigenvalue weighted by Crippen LogP contribution is 2.17. The molecule has 0 aliphatic carbocycles. The molecule has 0 saturated carbocycles. The van der Waals surface area contributed by atoms with Gasteiger partial charge in [-0.3, -0.25) is 4.79 Å². The Labute approximate surface area is 132 Å². The molecule has 1 unspecified atom stereocenters. The number of hydrogen-bond acceptors (Lipinski definition) is 2. The molecule has 1 atom stereocenters. The molecule has 116 valence electrons. The molecule has 0 aromatic heterocycles. The molecule has 2 aromatic carbocycles. The van der Waals surface area contributed by atoms with Gasteiger partial charge in [-0.05, 0) is 30.0 Å². The number of amides is 1. The maximum absolute atomic E-state index is 11.8. The normalized spacial score (nSPS) is 11.7. The predicted molar refractivity (Wildman–Crippen MR) is 89.0 cm³/mol. The van der Waals surface area contributed by atoms with E-state index in [4.69, 9.17) is 4.74 Å². The number of benzene rings is 2. The van der Waals surface area contributed by atoms with Crippen LogP contribution < -0.4 is 10.1 Å². The molecule has 0 bridgehead atoms. The molecule has 2 rings (SSSR count). The smallest absolute Gasteiger partial charge is 0.223 e. The van der Waals surface area contributed by atoms with Gasteiger partial charge in [-0.25, -0.2) is 0 Å². The summed E-state index contributed by atoms with van der Waals surface area (Å²) in [6, 6.07) is 19.9. The minimum atomic E-state index is 0.0381. The Hall–Kier alpha value is -2.29. The zero-order valence-corrected chi connectivity index (χ0v) is 13.0. The van der Waals surface area contributed by atoms with Gasteiger partial charge in [-0.15, -0.1) is 0 Å². The van der Waals surface area contributed by atoms with Gasteiger partial charge >= 0.3 is 0 Å². The average molecular weight is 297 g/mol. The van der Waals surface area contributed by atoms with E-state index in [-0.39, 0.29) is 5.91 Å². The number of rotatable bonds is 8. The number of para-hydroxylation sites is 1. The minimum absolute atomic E-state index is 0.0381. The maximum Gasteiger partial charge on any atom is 0.223 e. The van der Waals surface area contributed by atoms with Gasteiger partial charge < -0.3 is 10.1 Å². The Morgan fingerprint density at radius 3 is 2.36 bits per heavy atom. The molecule has 0 aliphatic heterocycles. The predicted octanol–water partition coefficient (Wildman–Crippen LogP) is 3.77. The molecule has 3 heteroatoms. The average Bonchev–Trinajstić information content (AvgIpc) is 2.56. The van der Waals surface area contributed by atoms with Crippen LogP contribution in [-0.2, 0) is 4.79 Å². The van der Waals surface area contributed by atoms with Crippen molar-refractivity contribution in [3.63, 3.8) is 0 Å². The van der Waals surface area contributed by atoms with Crippen molar-refractivity contribution in [1.29, 1.82) is 0 Å². The lowest BCUT2D eigenvalue weighted by Gasteiger charge is -2.12. The van der Waals surface area contributed by atoms with Gasteiger partial charge in [0.2, 0.25) is 5.91 Å². The summed E-state index contributed by atoms with van der Waals surface area (Å²) >= 11 is 0. The van der Waals surface area contributed by atoms with Crippen molar-refractivity contribution in [2.24, 2.45) is 0 Å². The second-order valence-electron chi connectivity index (χ2n) is 5.36. The summed E-state index contributed by atoms with van der Waals surface area (Å²) in [6.07, 6.45) is 1.32. The van der Waals surface area contributed by atoms with Crippen LogP contribution in [0.4, 0.5) is 0 Å². The zero-order valence-electron chi connectivity index (χ0n) is 13.0. The van der Waals surface area contributed by atoms with Crippen molar-refractivity contribution in [2.75, 3.05) is 13.2 Å². The number of ether oxygens (including phenoxy) is 1. The van der Waals surface area contributed by atoms with Gasteiger partial charge in [0, 0.05) is 6.54 Å². The third-order valence-electron chi connectivity index (χ3n) is 3.61. The van der Waals surface area contributed by atoms with Crippen molar-refractivity contribution >= 4 is 5.91 Å². The van der Waals surface area contributed by atoms with Crippen molar-refractivity contribution in [2.45, 2.75) is 25.7 Å². The second kappa shape index (κ2) is 8.88. The standard InChI is InChI=1S/C19H23NO2/c1-16(17-8-4-2-5-9-17)12-14-20-19(21)13-15-22-18-10-6-3-7-11-18/h2-11,16H,12-15H2,1H3,(H,20,21). The van der Waals surface area contributed by atoms with E-state index in [2.05, 4.69) is 24.4 Å². The summed E-state index contributed by atoms with van der Waals surface area (Å²) in [6.45, 7) is 3.28. The van der Waals surface area contributed by atoms with E-state index in [1.165, 1.54) is 5.56 Å². The Balaban J connectivity index is 1.60. The molecular weight excluding hydrogens is 274 g/mol. The molecule has 0 radical (unpaired) electrons. The van der Waals surface area contributed by atoms with E-state index >= 15 is 0 Å². The SMILES string of the molecule is CC(CCNC(=O)CCOc1ccccc1)c1ccccc1. The Bertz CT molecular complexity index is 554. The van der Waals surface area contributed by atoms with Gasteiger partial charge in [0.1, 0.15) is 5.75 Å². The third kappa shape index (κ3) is 5.60. The summed E-state index contributed by atoms with van der Waals surface area (Å²) in [7, 11) is 0. The van der Waals surface area contributed by atoms with Crippen molar-refractivity contribution in [3.8, 4) is 5.75 Å². The van der Waals surface area contributed by atoms with Gasteiger partial charge in [0.05, 0.1) is 13.0 Å². The van der Waals surface area contributed by atoms with Crippen molar-refractivity contribution < 1.29 is 9.53 Å². The molecule has 0 saturated heterocycles. The van der Waals surface area contributed by atoms with Crippen LogP contribution >= 0.6 is 0 Å². The van der Waals surface area contributed by atoms with Crippen LogP contribution in [0.25, 0.3) is 0 Å². The summed E-state index contributed by atoms with van der Waals surface area (Å²) in [5.41, 5.74) is 1.31. The third-order valence-corrected chi connectivity index (χ3v) is 3.61. The first-order valence-corrected chi connectivity index (χ1v) is 7.75. The monoisotopic (exact) mass is 297 g/mol. The van der Waals surface area contributed by atoms with Crippen LogP contribution in [-0.4, -0.2) is 19.1 Å². The van der Waals surface area contributed by atoms with Crippen LogP contribution in [0.2, 0.25) is 0 Å². The van der Waals surface area contributed by atoms with Gasteiger partial charge in [0.25, 0.3) is 0 Å². The fraction of sp³-hybridized carbons (Fsp3) is 0.316. The first-order valence-electron chi connectivity index (χ1n) is 7.75. The van der Waals surface area contributed by atoms with Gasteiger partial charge in [-0.1, -0.05) is 55.5 Å². The van der Waals surface area contributed by atoms with Gasteiger partial charge in [0.15, 0.2) is 0 Å². The number of carbonyl (C=O) groups excluding carboxylic acids is 1. The van der Waals surface area contributed by atoms with Crippen LogP contribution in [0, 0.1) is 0 Å². The van der Waals surface area contributed by atoms with E-state index in [9.17, 15) is 4.79 Å². The second-order valence-corrected chi connectivity index (χ2v) is 5.36. The molecule has 0 spiro atoms. The van der Waals surface area contributed by atoms with Crippen molar-refractivity contribution in [3.05, 3.63) is 66.2 Å². The summed E-state index contributed by atoms with van der Waals surface area (Å²) in [5, 5.41) is 2.95. The highest BCUT2D eigenvalue weighted by Gasteiger charge is 2.06. The summed E-state index contributed by atoms with van der Waals surface area (Å²) in [5.74, 6) is 1.28. The largest absolute Gasteiger partial charge is 0.493 e. The van der Waals surface area contributed by atoms with E-state index in [0.717, 1.165) is 12.2 Å². The molecule has 0 fully saturated rings. The number of nitrogens with one attached hydrogen (secondary N) is 1. The lowest BCUT2D eigenvalue weighted by molar-refractivity contribution is -0.121. The fourth-order valence-electron chi connectivity index (χ4n) is 2.24. The molecule has 3 nitrogen and oxygen atoms in total. The van der Waals surface area contributed by atoms with Crippen LogP contribution in [0.3, 0.4) is 0 Å². The van der Waals surface area contributed by atoms with Crippen LogP contribution in [0.1, 0.15) is 31.2 Å². The highest BCUT2D eigenvalue weighted by molar-refractivity contribution is 5.75. The Kier molecular flexibility index (Phi) is 6.49. The van der Waals surface area contributed by atoms with E-state index in [1.54, 1.807) is 0 Å². The minimum Gasteiger partial charge on any atom is -0.493 e. The van der Waals surface area contributed by atoms with E-state index < -0.39 is 0 Å². The maximum atomic E-state index is 11.8. The Morgan fingerprint density at radius 2 is 1.68 bits per heavy atom. The van der Waals surface area contributed by atoms with Gasteiger partial charge in [-0.2, -0.15) is 0 Å². The lowest BCUT2D eigenvalue weighted by atomic mass is 9.98. The quantitative estimate of drug-likeness (QED) is 0.805. The molecule has 1 N–H and O–H groups in total. The summed E-state index contributed by atoms with van der Waals surface area (Å²) < 4.78 is 5.51. The lowest BCUT2D eigenvalue weighted by Crippen LogP contribution is -2.26. The summed E-state index contributed by atoms with van der Waals surface area (Å²) in [4.78, 5) is 11.8. The van der Waals surface area contributed by atoms with Crippen LogP contribution in [0.15, 0.2) is 60.7 Å². The number of carbonyl (C=O) groups is 1. The number of hydrogen-bond donors (Lipinski definition) is 1. The molecule has 0 aliphatic rings. The fourth-order valence-corrected chi connectivity index (χ4v) is 2.24. The molecule has 1 amide bonds. The first kappa shape index (κ1) is 16.1. The molecule has 2 aromatic rings. The highest BCUT2D eigenvalue weighted by atomic mass is 16.5. The molecular formula is C19H23NO2. The van der Waals surface area contributed by atoms with Crippen molar-refractivity contribution in [1.82, 2.24) is 5.32 Å². The molecule has 22 heavy (non-hydrogen) atoms. The van der Waals surface area contributed by atoms with Crippen LogP contribution in [0.5, 0.6) is 5.75 Å². The Morgan fingerprint density at radius 1 is 1.05 bits per heavy atom. The van der Waals surface area contributed by atoms with E-state index in [1.807, 2.05) is 48.5 Å². The topological polar surface area (TPSA) is 38.3 Å². The first-order chi connectivity index (χ1) is 10.8. The van der Waals surface area contributed by atoms with E-state index in [0.29, 0.717) is 25.5 Å². The zero-order chi connectivity index (χ0) is 15.6.